The molecule has 0 saturated heterocycles. The Balaban J connectivity index is 1.77. The Morgan fingerprint density at radius 1 is 1.13 bits per heavy atom. The fraction of sp³-hybridized carbons (Fsp3) is 0.174. The molecular weight excluding hydrogens is 436 g/mol. The van der Waals surface area contributed by atoms with E-state index in [4.69, 9.17) is 21.1 Å². The molecule has 0 aliphatic heterocycles. The zero-order valence-corrected chi connectivity index (χ0v) is 18.7. The van der Waals surface area contributed by atoms with Gasteiger partial charge in [0, 0.05) is 21.5 Å². The molecule has 8 heteroatoms. The molecule has 0 amide bonds. The summed E-state index contributed by atoms with van der Waals surface area (Å²) in [5, 5.41) is 1.12. The van der Waals surface area contributed by atoms with Gasteiger partial charge in [0.1, 0.15) is 16.3 Å². The number of benzene rings is 2. The SMILES string of the molecule is COc1ccc(C(=O)Cn2cnc3sc(C)c(-c4ccc(Cl)cc4)c3c2=O)c(OC)c1. The van der Waals surface area contributed by atoms with Crippen molar-refractivity contribution in [1.82, 2.24) is 9.55 Å². The number of halogens is 1. The fourth-order valence-electron chi connectivity index (χ4n) is 3.48. The van der Waals surface area contributed by atoms with E-state index in [0.29, 0.717) is 32.3 Å². The van der Waals surface area contributed by atoms with Crippen LogP contribution in [0, 0.1) is 6.92 Å². The lowest BCUT2D eigenvalue weighted by Crippen LogP contribution is -2.24. The maximum Gasteiger partial charge on any atom is 0.263 e. The van der Waals surface area contributed by atoms with Gasteiger partial charge in [-0.2, -0.15) is 0 Å². The van der Waals surface area contributed by atoms with E-state index in [2.05, 4.69) is 4.98 Å². The van der Waals surface area contributed by atoms with Gasteiger partial charge in [0.25, 0.3) is 5.56 Å². The van der Waals surface area contributed by atoms with Crippen LogP contribution in [0.4, 0.5) is 0 Å². The lowest BCUT2D eigenvalue weighted by molar-refractivity contribution is 0.0967. The van der Waals surface area contributed by atoms with Crippen LogP contribution in [0.25, 0.3) is 21.3 Å². The van der Waals surface area contributed by atoms with Crippen LogP contribution in [0.2, 0.25) is 5.02 Å². The second-order valence-electron chi connectivity index (χ2n) is 6.89. The average Bonchev–Trinajstić information content (AvgIpc) is 3.12. The number of hydrogen-bond acceptors (Lipinski definition) is 6. The second kappa shape index (κ2) is 8.53. The average molecular weight is 455 g/mol. The molecular formula is C23H19ClN2O4S. The molecule has 0 saturated carbocycles. The summed E-state index contributed by atoms with van der Waals surface area (Å²) < 4.78 is 11.8. The smallest absolute Gasteiger partial charge is 0.263 e. The zero-order valence-electron chi connectivity index (χ0n) is 17.1. The minimum atomic E-state index is -0.264. The number of nitrogens with zero attached hydrogens (tertiary/aromatic N) is 2. The molecule has 2 aromatic heterocycles. The Morgan fingerprint density at radius 2 is 1.87 bits per heavy atom. The van der Waals surface area contributed by atoms with E-state index in [0.717, 1.165) is 16.0 Å². The highest BCUT2D eigenvalue weighted by molar-refractivity contribution is 7.19. The molecule has 0 aliphatic carbocycles. The molecule has 4 rings (SSSR count). The zero-order chi connectivity index (χ0) is 22.1. The van der Waals surface area contributed by atoms with Gasteiger partial charge < -0.3 is 9.47 Å². The molecule has 2 heterocycles. The molecule has 2 aromatic carbocycles. The molecule has 0 aliphatic rings. The Bertz CT molecular complexity index is 1340. The highest BCUT2D eigenvalue weighted by atomic mass is 35.5. The van der Waals surface area contributed by atoms with Gasteiger partial charge in [-0.05, 0) is 36.8 Å². The third kappa shape index (κ3) is 3.94. The molecule has 0 radical (unpaired) electrons. The Labute approximate surface area is 187 Å². The standard InChI is InChI=1S/C23H19ClN2O4S/c1-13-20(14-4-6-15(24)7-5-14)21-22(31-13)25-12-26(23(21)28)11-18(27)17-9-8-16(29-2)10-19(17)30-3/h4-10,12H,11H2,1-3H3. The maximum absolute atomic E-state index is 13.3. The summed E-state index contributed by atoms with van der Waals surface area (Å²) >= 11 is 7.47. The first-order valence-corrected chi connectivity index (χ1v) is 10.6. The summed E-state index contributed by atoms with van der Waals surface area (Å²) in [4.78, 5) is 32.3. The maximum atomic E-state index is 13.3. The molecule has 158 valence electrons. The van der Waals surface area contributed by atoms with Crippen LogP contribution >= 0.6 is 22.9 Å². The van der Waals surface area contributed by atoms with Crippen molar-refractivity contribution < 1.29 is 14.3 Å². The van der Waals surface area contributed by atoms with Crippen molar-refractivity contribution in [3.8, 4) is 22.6 Å². The van der Waals surface area contributed by atoms with Gasteiger partial charge in [-0.3, -0.25) is 14.2 Å². The summed E-state index contributed by atoms with van der Waals surface area (Å²) in [6.45, 7) is 1.80. The minimum absolute atomic E-state index is 0.153. The van der Waals surface area contributed by atoms with E-state index < -0.39 is 0 Å². The lowest BCUT2D eigenvalue weighted by atomic mass is 10.0. The van der Waals surface area contributed by atoms with Crippen molar-refractivity contribution in [3.63, 3.8) is 0 Å². The fourth-order valence-corrected chi connectivity index (χ4v) is 4.61. The molecule has 6 nitrogen and oxygen atoms in total. The number of fused-ring (bicyclic) bond motifs is 1. The molecule has 31 heavy (non-hydrogen) atoms. The number of aromatic nitrogens is 2. The summed E-state index contributed by atoms with van der Waals surface area (Å²) in [7, 11) is 3.02. The normalized spacial score (nSPS) is 11.0. The molecule has 0 spiro atoms. The lowest BCUT2D eigenvalue weighted by Gasteiger charge is -2.11. The number of ether oxygens (including phenoxy) is 2. The topological polar surface area (TPSA) is 70.4 Å². The molecule has 0 fully saturated rings. The van der Waals surface area contributed by atoms with E-state index in [1.54, 1.807) is 30.3 Å². The first-order chi connectivity index (χ1) is 14.9. The van der Waals surface area contributed by atoms with Crippen molar-refractivity contribution in [2.24, 2.45) is 0 Å². The van der Waals surface area contributed by atoms with Crippen LogP contribution in [-0.2, 0) is 6.54 Å². The number of hydrogen-bond donors (Lipinski definition) is 0. The minimum Gasteiger partial charge on any atom is -0.497 e. The second-order valence-corrected chi connectivity index (χ2v) is 8.53. The van der Waals surface area contributed by atoms with Crippen LogP contribution < -0.4 is 15.0 Å². The predicted octanol–water partition coefficient (Wildman–Crippen LogP) is 4.99. The molecule has 0 bridgehead atoms. The van der Waals surface area contributed by atoms with Gasteiger partial charge in [-0.15, -0.1) is 11.3 Å². The largest absolute Gasteiger partial charge is 0.497 e. The third-order valence-electron chi connectivity index (χ3n) is 5.01. The van der Waals surface area contributed by atoms with E-state index in [9.17, 15) is 9.59 Å². The van der Waals surface area contributed by atoms with Crippen LogP contribution in [0.15, 0.2) is 53.6 Å². The number of carbonyl (C=O) groups excluding carboxylic acids is 1. The van der Waals surface area contributed by atoms with Crippen LogP contribution in [0.3, 0.4) is 0 Å². The predicted molar refractivity (Wildman–Crippen MR) is 123 cm³/mol. The molecule has 0 N–H and O–H groups in total. The monoisotopic (exact) mass is 454 g/mol. The van der Waals surface area contributed by atoms with Gasteiger partial charge >= 0.3 is 0 Å². The first-order valence-electron chi connectivity index (χ1n) is 9.42. The summed E-state index contributed by atoms with van der Waals surface area (Å²) in [5.74, 6) is 0.706. The van der Waals surface area contributed by atoms with Crippen LogP contribution in [-0.4, -0.2) is 29.6 Å². The number of Topliss-reactive ketones (excluding diaryl/α,β-unsaturated/α-hetero) is 1. The van der Waals surface area contributed by atoms with Gasteiger partial charge in [0.05, 0.1) is 38.0 Å². The van der Waals surface area contributed by atoms with E-state index >= 15 is 0 Å². The van der Waals surface area contributed by atoms with Crippen LogP contribution in [0.5, 0.6) is 11.5 Å². The molecule has 0 unspecified atom stereocenters. The van der Waals surface area contributed by atoms with E-state index in [-0.39, 0.29) is 17.9 Å². The van der Waals surface area contributed by atoms with Crippen molar-refractivity contribution in [1.29, 1.82) is 0 Å². The highest BCUT2D eigenvalue weighted by Gasteiger charge is 2.19. The molecule has 0 atom stereocenters. The number of rotatable bonds is 6. The first kappa shape index (κ1) is 21.1. The van der Waals surface area contributed by atoms with Gasteiger partial charge in [0.2, 0.25) is 0 Å². The summed E-state index contributed by atoms with van der Waals surface area (Å²) in [6.07, 6.45) is 1.42. The Hall–Kier alpha value is -3.16. The summed E-state index contributed by atoms with van der Waals surface area (Å²) in [6, 6.07) is 12.3. The Morgan fingerprint density at radius 3 is 2.55 bits per heavy atom. The van der Waals surface area contributed by atoms with Crippen LogP contribution in [0.1, 0.15) is 15.2 Å². The van der Waals surface area contributed by atoms with Gasteiger partial charge in [-0.1, -0.05) is 23.7 Å². The van der Waals surface area contributed by atoms with Crippen molar-refractivity contribution in [2.75, 3.05) is 14.2 Å². The number of carbonyl (C=O) groups is 1. The van der Waals surface area contributed by atoms with Gasteiger partial charge in [0.15, 0.2) is 5.78 Å². The van der Waals surface area contributed by atoms with Crippen molar-refractivity contribution in [3.05, 3.63) is 74.6 Å². The number of ketones is 1. The van der Waals surface area contributed by atoms with E-state index in [1.807, 2.05) is 19.1 Å². The van der Waals surface area contributed by atoms with Gasteiger partial charge in [-0.25, -0.2) is 4.98 Å². The summed E-state index contributed by atoms with van der Waals surface area (Å²) in [5.41, 5.74) is 1.81. The Kier molecular flexibility index (Phi) is 5.80. The molecule has 4 aromatic rings. The van der Waals surface area contributed by atoms with E-state index in [1.165, 1.54) is 36.5 Å². The third-order valence-corrected chi connectivity index (χ3v) is 6.28. The number of aryl methyl sites for hydroxylation is 1. The van der Waals surface area contributed by atoms with Crippen molar-refractivity contribution >= 4 is 38.9 Å². The highest BCUT2D eigenvalue weighted by Crippen LogP contribution is 2.36. The quantitative estimate of drug-likeness (QED) is 0.384. The number of methoxy groups -OCH3 is 2. The van der Waals surface area contributed by atoms with Crippen molar-refractivity contribution in [2.45, 2.75) is 13.5 Å². The number of thiophene rings is 1.